The van der Waals surface area contributed by atoms with Crippen molar-refractivity contribution in [3.63, 3.8) is 0 Å². The van der Waals surface area contributed by atoms with Crippen LogP contribution in [0, 0.1) is 0 Å². The van der Waals surface area contributed by atoms with Crippen LogP contribution in [0.3, 0.4) is 0 Å². The maximum atomic E-state index is 2.27. The fourth-order valence-electron chi connectivity index (χ4n) is 2.93. The lowest BCUT2D eigenvalue weighted by atomic mass is 10.1. The van der Waals surface area contributed by atoms with Crippen LogP contribution in [0.4, 0.5) is 11.4 Å². The molecule has 1 aliphatic rings. The first kappa shape index (κ1) is 11.5. The summed E-state index contributed by atoms with van der Waals surface area (Å²) in [5.41, 5.74) is 5.74. The zero-order valence-corrected chi connectivity index (χ0v) is 10.9. The molecule has 18 heavy (non-hydrogen) atoms. The van der Waals surface area contributed by atoms with Gasteiger partial charge >= 0.3 is 0 Å². The van der Waals surface area contributed by atoms with E-state index < -0.39 is 0 Å². The zero-order valence-electron chi connectivity index (χ0n) is 10.9. The summed E-state index contributed by atoms with van der Waals surface area (Å²) in [6.45, 7) is 3.48. The van der Waals surface area contributed by atoms with E-state index in [1.54, 1.807) is 4.90 Å². The molecule has 0 bridgehead atoms. The van der Waals surface area contributed by atoms with Gasteiger partial charge in [0.1, 0.15) is 11.4 Å². The smallest absolute Gasteiger partial charge is 0.144 e. The number of para-hydroxylation sites is 2. The van der Waals surface area contributed by atoms with Crippen LogP contribution in [-0.2, 0) is 0 Å². The van der Waals surface area contributed by atoms with Gasteiger partial charge in [-0.05, 0) is 25.0 Å². The predicted octanol–water partition coefficient (Wildman–Crippen LogP) is 3.71. The number of hydrogen-bond donors (Lipinski definition) is 1. The Balaban J connectivity index is 1.98. The highest BCUT2D eigenvalue weighted by atomic mass is 15.2. The van der Waals surface area contributed by atoms with Crippen molar-refractivity contribution in [1.82, 2.24) is 0 Å². The van der Waals surface area contributed by atoms with E-state index in [0.29, 0.717) is 0 Å². The fraction of sp³-hybridized carbons (Fsp3) is 0.294. The van der Waals surface area contributed by atoms with Crippen LogP contribution in [0.2, 0.25) is 0 Å². The summed E-state index contributed by atoms with van der Waals surface area (Å²) in [6, 6.07) is 17.7. The maximum Gasteiger partial charge on any atom is 0.144 e. The molecule has 3 rings (SSSR count). The van der Waals surface area contributed by atoms with E-state index in [1.807, 2.05) is 0 Å². The molecule has 1 heterocycles. The highest BCUT2D eigenvalue weighted by Crippen LogP contribution is 2.36. The number of unbranched alkanes of at least 4 members (excludes halogenated alkanes) is 2. The average Bonchev–Trinajstić information content (AvgIpc) is 2.74. The van der Waals surface area contributed by atoms with Gasteiger partial charge in [0.05, 0.1) is 6.54 Å². The molecular formula is C17H20N+. The Morgan fingerprint density at radius 3 is 1.89 bits per heavy atom. The Bertz CT molecular complexity index is 499. The second kappa shape index (κ2) is 4.95. The molecule has 0 radical (unpaired) electrons. The Labute approximate surface area is 109 Å². The van der Waals surface area contributed by atoms with Crippen molar-refractivity contribution in [3.05, 3.63) is 48.5 Å². The van der Waals surface area contributed by atoms with Gasteiger partial charge in [0.25, 0.3) is 0 Å². The van der Waals surface area contributed by atoms with E-state index in [-0.39, 0.29) is 0 Å². The third-order valence-corrected chi connectivity index (χ3v) is 3.82. The highest BCUT2D eigenvalue weighted by molar-refractivity contribution is 5.84. The molecule has 0 aliphatic carbocycles. The van der Waals surface area contributed by atoms with Gasteiger partial charge in [-0.1, -0.05) is 37.6 Å². The summed E-state index contributed by atoms with van der Waals surface area (Å²) in [5, 5.41) is 0. The Hall–Kier alpha value is -1.60. The second-order valence-electron chi connectivity index (χ2n) is 5.03. The standard InChI is InChI=1S/C17H19N/c1-2-3-8-13-18-16-11-6-4-9-14(16)15-10-5-7-12-17(15)18/h4-7,9-12H,2-3,8,13H2,1H3/p+1. The van der Waals surface area contributed by atoms with Crippen LogP contribution in [-0.4, -0.2) is 6.54 Å². The van der Waals surface area contributed by atoms with Crippen molar-refractivity contribution in [3.8, 4) is 11.1 Å². The predicted molar refractivity (Wildman–Crippen MR) is 76.6 cm³/mol. The molecule has 0 unspecified atom stereocenters. The molecule has 0 saturated carbocycles. The normalized spacial score (nSPS) is 13.4. The van der Waals surface area contributed by atoms with Crippen molar-refractivity contribution in [2.24, 2.45) is 0 Å². The number of hydrogen-bond acceptors (Lipinski definition) is 0. The van der Waals surface area contributed by atoms with Gasteiger partial charge in [-0.25, -0.2) is 0 Å². The first-order chi connectivity index (χ1) is 8.92. The number of benzene rings is 2. The minimum absolute atomic E-state index is 1.21. The Morgan fingerprint density at radius 1 is 0.778 bits per heavy atom. The highest BCUT2D eigenvalue weighted by Gasteiger charge is 2.30. The van der Waals surface area contributed by atoms with Crippen molar-refractivity contribution < 1.29 is 4.90 Å². The molecule has 1 nitrogen and oxygen atoms in total. The van der Waals surface area contributed by atoms with E-state index in [0.717, 1.165) is 0 Å². The average molecular weight is 238 g/mol. The molecule has 2 aromatic carbocycles. The van der Waals surface area contributed by atoms with Gasteiger partial charge in [-0.15, -0.1) is 0 Å². The lowest BCUT2D eigenvalue weighted by Gasteiger charge is -2.14. The first-order valence-electron chi connectivity index (χ1n) is 6.97. The summed E-state index contributed by atoms with van der Waals surface area (Å²) in [4.78, 5) is 1.55. The van der Waals surface area contributed by atoms with Crippen LogP contribution in [0.25, 0.3) is 11.1 Å². The largest absolute Gasteiger partial charge is 0.269 e. The Morgan fingerprint density at radius 2 is 1.33 bits per heavy atom. The quantitative estimate of drug-likeness (QED) is 0.775. The van der Waals surface area contributed by atoms with Crippen LogP contribution in [0.5, 0.6) is 0 Å². The van der Waals surface area contributed by atoms with E-state index >= 15 is 0 Å². The van der Waals surface area contributed by atoms with Gasteiger partial charge in [0.15, 0.2) is 0 Å². The molecule has 0 atom stereocenters. The van der Waals surface area contributed by atoms with E-state index in [4.69, 9.17) is 0 Å². The molecule has 2 aromatic rings. The number of rotatable bonds is 4. The summed E-state index contributed by atoms with van der Waals surface area (Å²) < 4.78 is 0. The van der Waals surface area contributed by atoms with E-state index in [2.05, 4.69) is 55.5 Å². The van der Waals surface area contributed by atoms with Crippen molar-refractivity contribution in [2.45, 2.75) is 26.2 Å². The SMILES string of the molecule is CCCCC[NH+]1c2ccccc2-c2ccccc21. The number of quaternary nitrogens is 1. The zero-order chi connectivity index (χ0) is 12.4. The molecule has 1 N–H and O–H groups in total. The molecule has 92 valence electrons. The van der Waals surface area contributed by atoms with Crippen molar-refractivity contribution in [1.29, 1.82) is 0 Å². The molecule has 1 heteroatoms. The number of nitrogens with one attached hydrogen (secondary N) is 1. The molecule has 0 fully saturated rings. The summed E-state index contributed by atoms with van der Waals surface area (Å²) in [6.07, 6.45) is 3.92. The van der Waals surface area contributed by atoms with E-state index in [1.165, 1.54) is 48.3 Å². The minimum atomic E-state index is 1.21. The van der Waals surface area contributed by atoms with E-state index in [9.17, 15) is 0 Å². The number of fused-ring (bicyclic) bond motifs is 3. The summed E-state index contributed by atoms with van der Waals surface area (Å²) >= 11 is 0. The van der Waals surface area contributed by atoms with Gasteiger partial charge in [-0.3, -0.25) is 4.90 Å². The third-order valence-electron chi connectivity index (χ3n) is 3.82. The maximum absolute atomic E-state index is 2.27. The summed E-state index contributed by atoms with van der Waals surface area (Å²) in [5.74, 6) is 0. The minimum Gasteiger partial charge on any atom is -0.269 e. The lowest BCUT2D eigenvalue weighted by molar-refractivity contribution is -0.756. The molecule has 0 saturated heterocycles. The molecule has 0 spiro atoms. The Kier molecular flexibility index (Phi) is 3.16. The van der Waals surface area contributed by atoms with Gasteiger partial charge < -0.3 is 0 Å². The summed E-state index contributed by atoms with van der Waals surface area (Å²) in [7, 11) is 0. The van der Waals surface area contributed by atoms with Crippen molar-refractivity contribution in [2.75, 3.05) is 6.54 Å². The van der Waals surface area contributed by atoms with Crippen LogP contribution < -0.4 is 4.90 Å². The topological polar surface area (TPSA) is 4.44 Å². The van der Waals surface area contributed by atoms with Crippen molar-refractivity contribution >= 4 is 11.4 Å². The fourth-order valence-corrected chi connectivity index (χ4v) is 2.93. The molecule has 0 aromatic heterocycles. The van der Waals surface area contributed by atoms with Crippen LogP contribution in [0.15, 0.2) is 48.5 Å². The first-order valence-corrected chi connectivity index (χ1v) is 6.97. The van der Waals surface area contributed by atoms with Gasteiger partial charge in [-0.2, -0.15) is 0 Å². The lowest BCUT2D eigenvalue weighted by Crippen LogP contribution is -3.01. The molecule has 1 aliphatic heterocycles. The second-order valence-corrected chi connectivity index (χ2v) is 5.03. The molecule has 0 amide bonds. The molecular weight excluding hydrogens is 218 g/mol. The van der Waals surface area contributed by atoms with Gasteiger partial charge in [0, 0.05) is 23.3 Å². The van der Waals surface area contributed by atoms with Crippen LogP contribution >= 0.6 is 0 Å². The monoisotopic (exact) mass is 238 g/mol. The third kappa shape index (κ3) is 1.85. The van der Waals surface area contributed by atoms with Gasteiger partial charge in [0.2, 0.25) is 0 Å². The van der Waals surface area contributed by atoms with Crippen LogP contribution in [0.1, 0.15) is 26.2 Å².